The van der Waals surface area contributed by atoms with Crippen LogP contribution in [0.4, 0.5) is 0 Å². The van der Waals surface area contributed by atoms with E-state index in [-0.39, 0.29) is 24.6 Å². The predicted octanol–water partition coefficient (Wildman–Crippen LogP) is 1.31. The third-order valence-electron chi connectivity index (χ3n) is 4.32. The maximum Gasteiger partial charge on any atom is 0.234 e. The largest absolute Gasteiger partial charge is 0.395 e. The van der Waals surface area contributed by atoms with E-state index in [1.54, 1.807) is 11.3 Å². The van der Waals surface area contributed by atoms with Crippen molar-refractivity contribution in [3.63, 3.8) is 0 Å². The molecule has 1 aliphatic rings. The minimum Gasteiger partial charge on any atom is -0.395 e. The molecule has 2 atom stereocenters. The number of thiophene rings is 1. The highest BCUT2D eigenvalue weighted by molar-refractivity contribution is 7.10. The van der Waals surface area contributed by atoms with Crippen molar-refractivity contribution in [2.45, 2.75) is 32.4 Å². The molecule has 1 aromatic heterocycles. The normalized spacial score (nSPS) is 19.8. The Kier molecular flexibility index (Phi) is 6.82. The number of rotatable bonds is 7. The van der Waals surface area contributed by atoms with Crippen LogP contribution < -0.4 is 5.32 Å². The number of hydrogen-bond acceptors (Lipinski definition) is 5. The monoisotopic (exact) mass is 325 g/mol. The van der Waals surface area contributed by atoms with Crippen molar-refractivity contribution >= 4 is 17.2 Å². The number of nitrogens with zero attached hydrogens (tertiary/aromatic N) is 2. The maximum atomic E-state index is 12.1. The molecule has 1 fully saturated rings. The molecule has 0 bridgehead atoms. The van der Waals surface area contributed by atoms with Gasteiger partial charge in [-0.2, -0.15) is 0 Å². The third-order valence-corrected chi connectivity index (χ3v) is 5.37. The molecule has 0 aliphatic carbocycles. The van der Waals surface area contributed by atoms with Crippen LogP contribution >= 0.6 is 11.3 Å². The van der Waals surface area contributed by atoms with Gasteiger partial charge in [-0.15, -0.1) is 11.3 Å². The van der Waals surface area contributed by atoms with E-state index in [1.165, 1.54) is 4.88 Å². The molecule has 0 radical (unpaired) electrons. The molecule has 0 aromatic carbocycles. The second-order valence-corrected chi connectivity index (χ2v) is 6.84. The standard InChI is InChI=1S/C16H27N3O2S/c1-3-14(12-20)19-8-6-18(7-9-19)11-16(21)17-13(2)15-5-4-10-22-15/h4-5,10,13-14,20H,3,6-9,11-12H2,1-2H3,(H,17,21). The first kappa shape index (κ1) is 17.4. The van der Waals surface area contributed by atoms with E-state index < -0.39 is 0 Å². The summed E-state index contributed by atoms with van der Waals surface area (Å²) in [4.78, 5) is 17.8. The van der Waals surface area contributed by atoms with Crippen molar-refractivity contribution in [1.82, 2.24) is 15.1 Å². The Morgan fingerprint density at radius 2 is 2.14 bits per heavy atom. The number of carbonyl (C=O) groups is 1. The van der Waals surface area contributed by atoms with Gasteiger partial charge in [-0.25, -0.2) is 0 Å². The van der Waals surface area contributed by atoms with Crippen molar-refractivity contribution < 1.29 is 9.90 Å². The first-order chi connectivity index (χ1) is 10.6. The summed E-state index contributed by atoms with van der Waals surface area (Å²) < 4.78 is 0. The van der Waals surface area contributed by atoms with Crippen LogP contribution in [0, 0.1) is 0 Å². The van der Waals surface area contributed by atoms with Gasteiger partial charge in [-0.3, -0.25) is 14.6 Å². The maximum absolute atomic E-state index is 12.1. The zero-order chi connectivity index (χ0) is 15.9. The number of aliphatic hydroxyl groups is 1. The van der Waals surface area contributed by atoms with Crippen LogP contribution in [0.1, 0.15) is 31.2 Å². The molecule has 1 amide bonds. The lowest BCUT2D eigenvalue weighted by Crippen LogP contribution is -2.53. The number of piperazine rings is 1. The predicted molar refractivity (Wildman–Crippen MR) is 90.1 cm³/mol. The molecule has 124 valence electrons. The van der Waals surface area contributed by atoms with Crippen LogP contribution in [0.2, 0.25) is 0 Å². The first-order valence-corrected chi connectivity index (χ1v) is 8.92. The molecule has 5 nitrogen and oxygen atoms in total. The second-order valence-electron chi connectivity index (χ2n) is 5.86. The van der Waals surface area contributed by atoms with Crippen LogP contribution in [0.15, 0.2) is 17.5 Å². The summed E-state index contributed by atoms with van der Waals surface area (Å²) in [5, 5.41) is 14.5. The van der Waals surface area contributed by atoms with E-state index in [0.717, 1.165) is 32.6 Å². The molecule has 2 heterocycles. The quantitative estimate of drug-likeness (QED) is 0.794. The van der Waals surface area contributed by atoms with Crippen molar-refractivity contribution in [3.8, 4) is 0 Å². The number of amides is 1. The topological polar surface area (TPSA) is 55.8 Å². The zero-order valence-corrected chi connectivity index (χ0v) is 14.3. The molecule has 2 N–H and O–H groups in total. The lowest BCUT2D eigenvalue weighted by atomic mass is 10.1. The molecule has 0 spiro atoms. The summed E-state index contributed by atoms with van der Waals surface area (Å²) in [5.41, 5.74) is 0. The average Bonchev–Trinajstić information content (AvgIpc) is 3.04. The highest BCUT2D eigenvalue weighted by Gasteiger charge is 2.23. The fraction of sp³-hybridized carbons (Fsp3) is 0.688. The minimum atomic E-state index is 0.0765. The van der Waals surface area contributed by atoms with E-state index in [4.69, 9.17) is 0 Å². The lowest BCUT2D eigenvalue weighted by molar-refractivity contribution is -0.123. The van der Waals surface area contributed by atoms with E-state index in [2.05, 4.69) is 22.0 Å². The van der Waals surface area contributed by atoms with Gasteiger partial charge in [0.05, 0.1) is 19.2 Å². The summed E-state index contributed by atoms with van der Waals surface area (Å²) >= 11 is 1.67. The molecular formula is C16H27N3O2S. The van der Waals surface area contributed by atoms with Crippen molar-refractivity contribution in [2.24, 2.45) is 0 Å². The van der Waals surface area contributed by atoms with Crippen LogP contribution in [0.5, 0.6) is 0 Å². The molecule has 0 saturated carbocycles. The summed E-state index contributed by atoms with van der Waals surface area (Å²) in [5.74, 6) is 0.0866. The number of hydrogen-bond donors (Lipinski definition) is 2. The molecule has 22 heavy (non-hydrogen) atoms. The van der Waals surface area contributed by atoms with E-state index >= 15 is 0 Å². The summed E-state index contributed by atoms with van der Waals surface area (Å²) in [6.45, 7) is 8.42. The van der Waals surface area contributed by atoms with Gasteiger partial charge < -0.3 is 10.4 Å². The lowest BCUT2D eigenvalue weighted by Gasteiger charge is -2.38. The van der Waals surface area contributed by atoms with Gasteiger partial charge in [0.1, 0.15) is 0 Å². The van der Waals surface area contributed by atoms with Gasteiger partial charge in [-0.1, -0.05) is 13.0 Å². The van der Waals surface area contributed by atoms with Crippen molar-refractivity contribution in [1.29, 1.82) is 0 Å². The van der Waals surface area contributed by atoms with Crippen molar-refractivity contribution in [3.05, 3.63) is 22.4 Å². The van der Waals surface area contributed by atoms with Gasteiger partial charge in [0.15, 0.2) is 0 Å². The zero-order valence-electron chi connectivity index (χ0n) is 13.5. The SMILES string of the molecule is CCC(CO)N1CCN(CC(=O)NC(C)c2cccs2)CC1. The molecule has 1 aliphatic heterocycles. The fourth-order valence-electron chi connectivity index (χ4n) is 2.89. The Labute approximate surface area is 136 Å². The fourth-order valence-corrected chi connectivity index (χ4v) is 3.62. The Balaban J connectivity index is 1.72. The Morgan fingerprint density at radius 3 is 2.68 bits per heavy atom. The van der Waals surface area contributed by atoms with Gasteiger partial charge in [0.25, 0.3) is 0 Å². The van der Waals surface area contributed by atoms with E-state index in [1.807, 2.05) is 24.4 Å². The molecular weight excluding hydrogens is 298 g/mol. The number of nitrogens with one attached hydrogen (secondary N) is 1. The highest BCUT2D eigenvalue weighted by atomic mass is 32.1. The van der Waals surface area contributed by atoms with Crippen LogP contribution in [-0.2, 0) is 4.79 Å². The molecule has 1 aromatic rings. The van der Waals surface area contributed by atoms with Gasteiger partial charge in [-0.05, 0) is 24.8 Å². The average molecular weight is 325 g/mol. The molecule has 2 unspecified atom stereocenters. The molecule has 6 heteroatoms. The summed E-state index contributed by atoms with van der Waals surface area (Å²) in [7, 11) is 0. The summed E-state index contributed by atoms with van der Waals surface area (Å²) in [6.07, 6.45) is 0.968. The third kappa shape index (κ3) is 4.78. The Hall–Kier alpha value is -0.950. The number of aliphatic hydroxyl groups excluding tert-OH is 1. The van der Waals surface area contributed by atoms with E-state index in [0.29, 0.717) is 6.54 Å². The van der Waals surface area contributed by atoms with Crippen LogP contribution in [0.3, 0.4) is 0 Å². The molecule has 2 rings (SSSR count). The minimum absolute atomic E-state index is 0.0765. The highest BCUT2D eigenvalue weighted by Crippen LogP contribution is 2.18. The first-order valence-electron chi connectivity index (χ1n) is 8.04. The smallest absolute Gasteiger partial charge is 0.234 e. The Bertz CT molecular complexity index is 440. The van der Waals surface area contributed by atoms with Crippen molar-refractivity contribution in [2.75, 3.05) is 39.3 Å². The summed E-state index contributed by atoms with van der Waals surface area (Å²) in [6, 6.07) is 4.39. The van der Waals surface area contributed by atoms with Crippen LogP contribution in [0.25, 0.3) is 0 Å². The molecule has 1 saturated heterocycles. The second kappa shape index (κ2) is 8.62. The van der Waals surface area contributed by atoms with Gasteiger partial charge in [0, 0.05) is 37.1 Å². The number of carbonyl (C=O) groups excluding carboxylic acids is 1. The van der Waals surface area contributed by atoms with Gasteiger partial charge >= 0.3 is 0 Å². The Morgan fingerprint density at radius 1 is 1.41 bits per heavy atom. The van der Waals surface area contributed by atoms with Gasteiger partial charge in [0.2, 0.25) is 5.91 Å². The van der Waals surface area contributed by atoms with Crippen LogP contribution in [-0.4, -0.2) is 66.2 Å². The van der Waals surface area contributed by atoms with E-state index in [9.17, 15) is 9.90 Å².